The van der Waals surface area contributed by atoms with Crippen molar-refractivity contribution >= 4 is 54.8 Å². The molecule has 0 fully saturated rings. The summed E-state index contributed by atoms with van der Waals surface area (Å²) in [5.41, 5.74) is -4.48. The van der Waals surface area contributed by atoms with Gasteiger partial charge in [0.05, 0.1) is 32.3 Å². The quantitative estimate of drug-likeness (QED) is 0.310. The van der Waals surface area contributed by atoms with E-state index in [0.717, 1.165) is 0 Å². The topological polar surface area (TPSA) is 176 Å². The monoisotopic (exact) mass is 323 g/mol. The standard InChI is InChI=1S/C6H3N3O8.Ca.K.H/c10-5-2(7(12)13)1-3(8(14)15)6(11)4(5)9(16)17;;;/h1,10-11H;;;/q;+2;+1;-1/p-2. The van der Waals surface area contributed by atoms with E-state index in [0.29, 0.717) is 0 Å². The zero-order chi connectivity index (χ0) is 13.3. The summed E-state index contributed by atoms with van der Waals surface area (Å²) >= 11 is 0. The number of rotatable bonds is 3. The molecule has 1 aromatic carbocycles. The molecule has 0 saturated carbocycles. The molecule has 0 aromatic heterocycles. The van der Waals surface area contributed by atoms with Crippen LogP contribution in [-0.2, 0) is 0 Å². The van der Waals surface area contributed by atoms with Crippen LogP contribution in [0, 0.1) is 30.3 Å². The van der Waals surface area contributed by atoms with E-state index in [-0.39, 0.29) is 96.6 Å². The fourth-order valence-electron chi connectivity index (χ4n) is 1.04. The van der Waals surface area contributed by atoms with E-state index in [1.807, 2.05) is 0 Å². The molecule has 0 aliphatic carbocycles. The van der Waals surface area contributed by atoms with Crippen molar-refractivity contribution in [3.63, 3.8) is 0 Å². The number of nitrogens with zero attached hydrogens (tertiary/aromatic N) is 3. The van der Waals surface area contributed by atoms with Crippen molar-refractivity contribution in [1.29, 1.82) is 0 Å². The fraction of sp³-hybridized carbons (Fsp3) is 0. The minimum absolute atomic E-state index is 0. The van der Waals surface area contributed by atoms with Crippen molar-refractivity contribution in [2.75, 3.05) is 0 Å². The minimum Gasteiger partial charge on any atom is -1.00 e. The molecule has 19 heavy (non-hydrogen) atoms. The molecule has 0 bridgehead atoms. The number of nitro groups is 3. The van der Waals surface area contributed by atoms with E-state index in [9.17, 15) is 40.6 Å². The van der Waals surface area contributed by atoms with E-state index >= 15 is 0 Å². The predicted octanol–water partition coefficient (Wildman–Crippen LogP) is -3.71. The van der Waals surface area contributed by atoms with E-state index in [1.54, 1.807) is 0 Å². The summed E-state index contributed by atoms with van der Waals surface area (Å²) in [4.78, 5) is 26.9. The molecular formula is C6H2CaKN3O8. The molecule has 0 spiro atoms. The minimum atomic E-state index is -1.75. The van der Waals surface area contributed by atoms with Crippen molar-refractivity contribution in [3.05, 3.63) is 36.4 Å². The molecule has 0 aliphatic rings. The normalized spacial score (nSPS) is 8.84. The van der Waals surface area contributed by atoms with Gasteiger partial charge in [0.2, 0.25) is 0 Å². The summed E-state index contributed by atoms with van der Waals surface area (Å²) in [5.74, 6) is -3.51. The van der Waals surface area contributed by atoms with Gasteiger partial charge in [0.15, 0.2) is 0 Å². The fourth-order valence-corrected chi connectivity index (χ4v) is 1.04. The third kappa shape index (κ3) is 4.46. The average Bonchev–Trinajstić information content (AvgIpc) is 2.15. The van der Waals surface area contributed by atoms with Crippen LogP contribution in [0.4, 0.5) is 17.1 Å². The SMILES string of the molecule is O=[N+]([O-])c1cc([N+](=O)[O-])c([O-])c([N+](=O)[O-])c1[O-].[Ca+2].[H-].[K+]. The molecule has 0 N–H and O–H groups in total. The number of hydrogen-bond acceptors (Lipinski definition) is 8. The Labute approximate surface area is 178 Å². The molecule has 13 heteroatoms. The third-order valence-corrected chi connectivity index (χ3v) is 1.74. The first-order valence-electron chi connectivity index (χ1n) is 3.75. The van der Waals surface area contributed by atoms with E-state index in [2.05, 4.69) is 0 Å². The van der Waals surface area contributed by atoms with Gasteiger partial charge in [-0.3, -0.25) is 30.3 Å². The molecule has 0 aliphatic heterocycles. The van der Waals surface area contributed by atoms with Crippen molar-refractivity contribution in [3.8, 4) is 11.5 Å². The maximum Gasteiger partial charge on any atom is 2.00 e. The Hall–Kier alpha value is -0.0839. The summed E-state index contributed by atoms with van der Waals surface area (Å²) in [6, 6.07) is 0.109. The van der Waals surface area contributed by atoms with Crippen LogP contribution < -0.4 is 61.6 Å². The van der Waals surface area contributed by atoms with E-state index < -0.39 is 43.3 Å². The Balaban J connectivity index is -0.000000963. The Bertz CT molecular complexity index is 517. The molecule has 1 aromatic rings. The first-order valence-corrected chi connectivity index (χ1v) is 3.75. The largest absolute Gasteiger partial charge is 2.00 e. The summed E-state index contributed by atoms with van der Waals surface area (Å²) in [6.45, 7) is 0. The van der Waals surface area contributed by atoms with Gasteiger partial charge in [0.25, 0.3) is 17.1 Å². The second kappa shape index (κ2) is 8.26. The maximum atomic E-state index is 11.1. The summed E-state index contributed by atoms with van der Waals surface area (Å²) < 4.78 is 0. The van der Waals surface area contributed by atoms with Crippen LogP contribution in [0.15, 0.2) is 6.07 Å². The van der Waals surface area contributed by atoms with E-state index in [1.165, 1.54) is 0 Å². The van der Waals surface area contributed by atoms with Crippen molar-refractivity contribution in [2.45, 2.75) is 0 Å². The first-order chi connectivity index (χ1) is 7.77. The van der Waals surface area contributed by atoms with Gasteiger partial charge in [-0.15, -0.1) is 0 Å². The van der Waals surface area contributed by atoms with Crippen molar-refractivity contribution < 1.29 is 77.8 Å². The Kier molecular flexibility index (Phi) is 9.22. The molecule has 0 unspecified atom stereocenters. The second-order valence-corrected chi connectivity index (χ2v) is 2.69. The number of benzene rings is 1. The van der Waals surface area contributed by atoms with Crippen LogP contribution in [0.3, 0.4) is 0 Å². The summed E-state index contributed by atoms with van der Waals surface area (Å²) in [6.07, 6.45) is 0. The van der Waals surface area contributed by atoms with Crippen LogP contribution in [0.5, 0.6) is 11.5 Å². The van der Waals surface area contributed by atoms with Gasteiger partial charge in [-0.25, -0.2) is 0 Å². The summed E-state index contributed by atoms with van der Waals surface area (Å²) in [7, 11) is 0. The zero-order valence-corrected chi connectivity index (χ0v) is 14.7. The summed E-state index contributed by atoms with van der Waals surface area (Å²) in [5, 5.41) is 53.3. The van der Waals surface area contributed by atoms with Crippen LogP contribution in [0.2, 0.25) is 0 Å². The molecular weight excluding hydrogens is 321 g/mol. The Morgan fingerprint density at radius 1 is 0.842 bits per heavy atom. The number of hydrogen-bond donors (Lipinski definition) is 0. The van der Waals surface area contributed by atoms with Gasteiger partial charge in [-0.05, 0) is 0 Å². The van der Waals surface area contributed by atoms with Gasteiger partial charge in [0, 0.05) is 0 Å². The van der Waals surface area contributed by atoms with Gasteiger partial charge < -0.3 is 11.6 Å². The predicted molar refractivity (Wildman–Crippen MR) is 52.2 cm³/mol. The van der Waals surface area contributed by atoms with Gasteiger partial charge in [-0.1, -0.05) is 0 Å². The van der Waals surface area contributed by atoms with E-state index in [4.69, 9.17) is 0 Å². The maximum absolute atomic E-state index is 11.1. The molecule has 11 nitrogen and oxygen atoms in total. The molecule has 0 heterocycles. The van der Waals surface area contributed by atoms with Crippen LogP contribution in [0.1, 0.15) is 1.43 Å². The third-order valence-electron chi connectivity index (χ3n) is 1.74. The van der Waals surface area contributed by atoms with Crippen molar-refractivity contribution in [1.82, 2.24) is 0 Å². The molecule has 0 radical (unpaired) electrons. The smallest absolute Gasteiger partial charge is 1.00 e. The van der Waals surface area contributed by atoms with Crippen molar-refractivity contribution in [2.24, 2.45) is 0 Å². The van der Waals surface area contributed by atoms with Crippen LogP contribution >= 0.6 is 0 Å². The zero-order valence-electron chi connectivity index (χ0n) is 10.4. The molecule has 1 rings (SSSR count). The van der Waals surface area contributed by atoms with Gasteiger partial charge in [0.1, 0.15) is 0 Å². The molecule has 92 valence electrons. The Morgan fingerprint density at radius 2 is 1.16 bits per heavy atom. The second-order valence-electron chi connectivity index (χ2n) is 2.69. The first kappa shape index (κ1) is 21.2. The molecule has 0 saturated heterocycles. The Morgan fingerprint density at radius 3 is 1.37 bits per heavy atom. The van der Waals surface area contributed by atoms with Crippen LogP contribution in [0.25, 0.3) is 0 Å². The average molecular weight is 323 g/mol. The van der Waals surface area contributed by atoms with Gasteiger partial charge in [-0.2, -0.15) is 0 Å². The number of nitro benzene ring substituents is 3. The van der Waals surface area contributed by atoms with Gasteiger partial charge >= 0.3 is 89.1 Å². The molecule has 0 amide bonds. The molecule has 0 atom stereocenters. The van der Waals surface area contributed by atoms with Crippen LogP contribution in [-0.4, -0.2) is 52.5 Å².